The predicted molar refractivity (Wildman–Crippen MR) is 111 cm³/mol. The fourth-order valence-corrected chi connectivity index (χ4v) is 5.27. The van der Waals surface area contributed by atoms with Crippen LogP contribution in [0.1, 0.15) is 59.9 Å². The lowest BCUT2D eigenvalue weighted by molar-refractivity contribution is -0.442. The van der Waals surface area contributed by atoms with Crippen molar-refractivity contribution in [1.82, 2.24) is 0 Å². The van der Waals surface area contributed by atoms with Gasteiger partial charge in [0.25, 0.3) is 10.1 Å². The maximum Gasteiger partial charge on any atom is 0.294 e. The van der Waals surface area contributed by atoms with Gasteiger partial charge in [0, 0.05) is 23.5 Å². The Bertz CT molecular complexity index is 1050. The molecule has 2 aromatic carbocycles. The molecular formula is C22H30NO3S+. The Balaban J connectivity index is 2.34. The van der Waals surface area contributed by atoms with E-state index >= 15 is 0 Å². The van der Waals surface area contributed by atoms with Crippen molar-refractivity contribution in [3.05, 3.63) is 35.9 Å². The Morgan fingerprint density at radius 2 is 1.78 bits per heavy atom. The highest BCUT2D eigenvalue weighted by molar-refractivity contribution is 7.85. The van der Waals surface area contributed by atoms with Gasteiger partial charge in [0.2, 0.25) is 5.69 Å². The van der Waals surface area contributed by atoms with E-state index in [1.165, 1.54) is 23.0 Å². The molecule has 0 radical (unpaired) electrons. The molecule has 0 unspecified atom stereocenters. The Labute approximate surface area is 162 Å². The van der Waals surface area contributed by atoms with E-state index in [0.29, 0.717) is 0 Å². The van der Waals surface area contributed by atoms with Crippen LogP contribution >= 0.6 is 0 Å². The molecule has 4 nitrogen and oxygen atoms in total. The van der Waals surface area contributed by atoms with Crippen molar-refractivity contribution < 1.29 is 17.5 Å². The van der Waals surface area contributed by atoms with Gasteiger partial charge in [-0.15, -0.1) is 0 Å². The van der Waals surface area contributed by atoms with Crippen LogP contribution in [-0.2, 0) is 15.5 Å². The highest BCUT2D eigenvalue weighted by Crippen LogP contribution is 2.48. The Morgan fingerprint density at radius 3 is 2.33 bits per heavy atom. The lowest BCUT2D eigenvalue weighted by Crippen LogP contribution is -2.41. The van der Waals surface area contributed by atoms with Crippen LogP contribution < -0.4 is 0 Å². The molecule has 27 heavy (non-hydrogen) atoms. The van der Waals surface area contributed by atoms with Crippen molar-refractivity contribution in [1.29, 1.82) is 0 Å². The molecule has 0 fully saturated rings. The number of benzene rings is 2. The first-order valence-corrected chi connectivity index (χ1v) is 11.1. The number of rotatable bonds is 5. The van der Waals surface area contributed by atoms with Crippen LogP contribution in [0.15, 0.2) is 35.2 Å². The molecule has 5 heteroatoms. The highest BCUT2D eigenvalue weighted by Gasteiger charge is 2.52. The summed E-state index contributed by atoms with van der Waals surface area (Å²) in [6, 6.07) is 8.96. The van der Waals surface area contributed by atoms with Gasteiger partial charge >= 0.3 is 0 Å². The van der Waals surface area contributed by atoms with Crippen LogP contribution in [0.2, 0.25) is 0 Å². The first-order chi connectivity index (χ1) is 12.4. The molecule has 0 amide bonds. The van der Waals surface area contributed by atoms with Crippen molar-refractivity contribution >= 4 is 32.3 Å². The standard InChI is InChI=1S/C22H29NO3S/c1-7-13-23-18-12-9-15-14-16(27(24,25)26)10-11-17(15)19(18)22(5,6)20(23)21(3,4)8-2/h9-12,14H,7-8,13H2,1-6H3/p+1. The molecule has 1 aliphatic heterocycles. The average Bonchev–Trinajstić information content (AvgIpc) is 2.81. The summed E-state index contributed by atoms with van der Waals surface area (Å²) in [5.74, 6) is 0. The summed E-state index contributed by atoms with van der Waals surface area (Å²) in [4.78, 5) is -0.0609. The molecule has 1 heterocycles. The molecule has 3 rings (SSSR count). The normalized spacial score (nSPS) is 16.9. The highest BCUT2D eigenvalue weighted by atomic mass is 32.2. The topological polar surface area (TPSA) is 57.4 Å². The molecule has 146 valence electrons. The first-order valence-electron chi connectivity index (χ1n) is 9.65. The van der Waals surface area contributed by atoms with Crippen LogP contribution in [0.4, 0.5) is 5.69 Å². The zero-order chi connectivity index (χ0) is 20.2. The van der Waals surface area contributed by atoms with Crippen molar-refractivity contribution in [2.24, 2.45) is 5.41 Å². The third kappa shape index (κ3) is 3.11. The fourth-order valence-electron chi connectivity index (χ4n) is 4.75. The maximum absolute atomic E-state index is 11.5. The van der Waals surface area contributed by atoms with Crippen LogP contribution in [0.5, 0.6) is 0 Å². The lowest BCUT2D eigenvalue weighted by Gasteiger charge is -2.30. The fraction of sp³-hybridized carbons (Fsp3) is 0.500. The lowest BCUT2D eigenvalue weighted by atomic mass is 9.69. The van der Waals surface area contributed by atoms with Crippen molar-refractivity contribution in [2.75, 3.05) is 6.54 Å². The Hall–Kier alpha value is -1.72. The Morgan fingerprint density at radius 1 is 1.11 bits per heavy atom. The van der Waals surface area contributed by atoms with E-state index < -0.39 is 10.1 Å². The molecule has 0 saturated heterocycles. The summed E-state index contributed by atoms with van der Waals surface area (Å²) in [6.45, 7) is 14.5. The smallest absolute Gasteiger partial charge is 0.282 e. The third-order valence-corrected chi connectivity index (χ3v) is 6.87. The van der Waals surface area contributed by atoms with E-state index in [2.05, 4.69) is 52.2 Å². The second-order valence-corrected chi connectivity index (χ2v) is 10.1. The van der Waals surface area contributed by atoms with E-state index in [-0.39, 0.29) is 15.7 Å². The zero-order valence-electron chi connectivity index (χ0n) is 17.1. The van der Waals surface area contributed by atoms with Gasteiger partial charge in [0.15, 0.2) is 5.71 Å². The van der Waals surface area contributed by atoms with Crippen molar-refractivity contribution in [2.45, 2.75) is 64.7 Å². The quantitative estimate of drug-likeness (QED) is 0.558. The number of hydrogen-bond donors (Lipinski definition) is 1. The van der Waals surface area contributed by atoms with Crippen LogP contribution in [0.3, 0.4) is 0 Å². The van der Waals surface area contributed by atoms with Gasteiger partial charge in [-0.3, -0.25) is 4.55 Å². The third-order valence-electron chi connectivity index (χ3n) is 6.02. The second-order valence-electron chi connectivity index (χ2n) is 8.68. The van der Waals surface area contributed by atoms with Gasteiger partial charge in [0.05, 0.1) is 10.3 Å². The van der Waals surface area contributed by atoms with Gasteiger partial charge in [-0.1, -0.05) is 33.8 Å². The zero-order valence-corrected chi connectivity index (χ0v) is 17.9. The van der Waals surface area contributed by atoms with Crippen molar-refractivity contribution in [3.63, 3.8) is 0 Å². The van der Waals surface area contributed by atoms with Crippen molar-refractivity contribution in [3.8, 4) is 0 Å². The molecule has 0 aromatic heterocycles. The van der Waals surface area contributed by atoms with E-state index in [0.717, 1.165) is 30.2 Å². The number of hydrogen-bond acceptors (Lipinski definition) is 2. The number of nitrogens with zero attached hydrogens (tertiary/aromatic N) is 1. The van der Waals surface area contributed by atoms with Gasteiger partial charge in [-0.05, 0) is 49.2 Å². The minimum absolute atomic E-state index is 0.0540. The predicted octanol–water partition coefficient (Wildman–Crippen LogP) is 5.31. The molecule has 1 N–H and O–H groups in total. The summed E-state index contributed by atoms with van der Waals surface area (Å²) in [7, 11) is -4.21. The summed E-state index contributed by atoms with van der Waals surface area (Å²) >= 11 is 0. The molecular weight excluding hydrogens is 358 g/mol. The molecule has 0 aliphatic carbocycles. The van der Waals surface area contributed by atoms with Gasteiger partial charge in [-0.2, -0.15) is 13.0 Å². The molecule has 0 atom stereocenters. The molecule has 2 aromatic rings. The minimum Gasteiger partial charge on any atom is -0.282 e. The van der Waals surface area contributed by atoms with Crippen LogP contribution in [0.25, 0.3) is 10.8 Å². The van der Waals surface area contributed by atoms with E-state index in [1.54, 1.807) is 6.07 Å². The maximum atomic E-state index is 11.5. The molecule has 1 aliphatic rings. The van der Waals surface area contributed by atoms with Gasteiger partial charge in [0.1, 0.15) is 6.54 Å². The average molecular weight is 389 g/mol. The molecule has 0 spiro atoms. The van der Waals surface area contributed by atoms with Gasteiger partial charge < -0.3 is 0 Å². The van der Waals surface area contributed by atoms with E-state index in [4.69, 9.17) is 0 Å². The van der Waals surface area contributed by atoms with Gasteiger partial charge in [-0.25, -0.2) is 0 Å². The van der Waals surface area contributed by atoms with Crippen LogP contribution in [0, 0.1) is 5.41 Å². The first kappa shape index (κ1) is 20.0. The largest absolute Gasteiger partial charge is 0.294 e. The minimum atomic E-state index is -4.21. The second kappa shape index (κ2) is 6.42. The number of fused-ring (bicyclic) bond motifs is 3. The van der Waals surface area contributed by atoms with E-state index in [1.807, 2.05) is 12.1 Å². The SMILES string of the molecule is CCC[N+]1=C(C(C)(C)CC)C(C)(C)c2c1ccc1cc(S(=O)(=O)O)ccc21. The molecule has 0 saturated carbocycles. The molecule has 0 bridgehead atoms. The monoisotopic (exact) mass is 388 g/mol. The van der Waals surface area contributed by atoms with E-state index in [9.17, 15) is 13.0 Å². The summed E-state index contributed by atoms with van der Waals surface area (Å²) in [5.41, 5.74) is 3.76. The summed E-state index contributed by atoms with van der Waals surface area (Å²) in [5, 5.41) is 1.89. The van der Waals surface area contributed by atoms with Crippen LogP contribution in [-0.4, -0.2) is 29.8 Å². The summed E-state index contributed by atoms with van der Waals surface area (Å²) < 4.78 is 34.9. The Kier molecular flexibility index (Phi) is 4.76. The summed E-state index contributed by atoms with van der Waals surface area (Å²) in [6.07, 6.45) is 2.10.